The molecule has 1 aromatic rings. The van der Waals surface area contributed by atoms with Crippen molar-refractivity contribution in [2.45, 2.75) is 4.90 Å². The molecule has 1 aromatic heterocycles. The predicted molar refractivity (Wildman–Crippen MR) is 76.3 cm³/mol. The lowest BCUT2D eigenvalue weighted by Gasteiger charge is -2.22. The van der Waals surface area contributed by atoms with Crippen molar-refractivity contribution in [3.63, 3.8) is 0 Å². The van der Waals surface area contributed by atoms with E-state index in [9.17, 15) is 8.42 Å². The molecule has 1 heterocycles. The maximum absolute atomic E-state index is 12.7. The van der Waals surface area contributed by atoms with E-state index in [4.69, 9.17) is 9.47 Å². The number of pyridine rings is 1. The molecule has 114 valence electrons. The standard InChI is InChI=1S/C12H21N3O4S/c1-13-12-11(5-4-6-14-12)20(16,17)15(7-9-18-2)8-10-19-3/h4-6H,7-10H2,1-3H3,(H,13,14). The molecule has 0 unspecified atom stereocenters. The Balaban J connectivity index is 3.07. The Labute approximate surface area is 120 Å². The van der Waals surface area contributed by atoms with Gasteiger partial charge in [0, 0.05) is 40.6 Å². The maximum Gasteiger partial charge on any atom is 0.246 e. The van der Waals surface area contributed by atoms with Gasteiger partial charge in [-0.2, -0.15) is 4.31 Å². The summed E-state index contributed by atoms with van der Waals surface area (Å²) in [6.07, 6.45) is 1.54. The molecule has 1 N–H and O–H groups in total. The third kappa shape index (κ3) is 4.14. The second-order valence-electron chi connectivity index (χ2n) is 3.99. The van der Waals surface area contributed by atoms with E-state index in [1.807, 2.05) is 0 Å². The molecule has 1 rings (SSSR count). The lowest BCUT2D eigenvalue weighted by Crippen LogP contribution is -2.36. The van der Waals surface area contributed by atoms with Crippen molar-refractivity contribution in [2.75, 3.05) is 52.9 Å². The van der Waals surface area contributed by atoms with Crippen LogP contribution in [-0.4, -0.2) is 65.3 Å². The van der Waals surface area contributed by atoms with Crippen LogP contribution in [0.5, 0.6) is 0 Å². The van der Waals surface area contributed by atoms with Crippen molar-refractivity contribution < 1.29 is 17.9 Å². The van der Waals surface area contributed by atoms with Gasteiger partial charge in [-0.3, -0.25) is 0 Å². The van der Waals surface area contributed by atoms with Gasteiger partial charge in [0.05, 0.1) is 13.2 Å². The summed E-state index contributed by atoms with van der Waals surface area (Å²) in [5.41, 5.74) is 0. The lowest BCUT2D eigenvalue weighted by molar-refractivity contribution is 0.150. The average Bonchev–Trinajstić information content (AvgIpc) is 2.47. The zero-order chi connectivity index (χ0) is 15.0. The fraction of sp³-hybridized carbons (Fsp3) is 0.583. The van der Waals surface area contributed by atoms with Crippen molar-refractivity contribution in [3.8, 4) is 0 Å². The number of hydrogen-bond acceptors (Lipinski definition) is 6. The van der Waals surface area contributed by atoms with Gasteiger partial charge in [-0.15, -0.1) is 0 Å². The SMILES string of the molecule is CNc1ncccc1S(=O)(=O)N(CCOC)CCOC. The van der Waals surface area contributed by atoms with Crippen LogP contribution in [0, 0.1) is 0 Å². The van der Waals surface area contributed by atoms with Crippen molar-refractivity contribution >= 4 is 15.8 Å². The Morgan fingerprint density at radius 3 is 2.35 bits per heavy atom. The van der Waals surface area contributed by atoms with Gasteiger partial charge in [0.15, 0.2) is 0 Å². The zero-order valence-corrected chi connectivity index (χ0v) is 12.8. The van der Waals surface area contributed by atoms with Crippen LogP contribution in [0.15, 0.2) is 23.2 Å². The molecule has 0 bridgehead atoms. The fourth-order valence-electron chi connectivity index (χ4n) is 1.66. The number of anilines is 1. The maximum atomic E-state index is 12.7. The predicted octanol–water partition coefficient (Wildman–Crippen LogP) is 0.407. The Kier molecular flexibility index (Phi) is 6.86. The number of methoxy groups -OCH3 is 2. The largest absolute Gasteiger partial charge is 0.383 e. The Morgan fingerprint density at radius 2 is 1.85 bits per heavy atom. The molecule has 0 fully saturated rings. The molecule has 0 radical (unpaired) electrons. The minimum absolute atomic E-state index is 0.148. The molecule has 7 nitrogen and oxygen atoms in total. The number of nitrogens with zero attached hydrogens (tertiary/aromatic N) is 2. The molecule has 0 aliphatic carbocycles. The molecule has 0 amide bonds. The number of sulfonamides is 1. The topological polar surface area (TPSA) is 80.8 Å². The third-order valence-corrected chi connectivity index (χ3v) is 4.65. The highest BCUT2D eigenvalue weighted by Crippen LogP contribution is 2.21. The quantitative estimate of drug-likeness (QED) is 0.711. The van der Waals surface area contributed by atoms with E-state index in [1.165, 1.54) is 24.6 Å². The van der Waals surface area contributed by atoms with Gasteiger partial charge >= 0.3 is 0 Å². The van der Waals surface area contributed by atoms with Crippen LogP contribution < -0.4 is 5.32 Å². The molecule has 8 heteroatoms. The van der Waals surface area contributed by atoms with Crippen LogP contribution >= 0.6 is 0 Å². The second-order valence-corrected chi connectivity index (χ2v) is 5.90. The summed E-state index contributed by atoms with van der Waals surface area (Å²) in [6, 6.07) is 3.12. The summed E-state index contributed by atoms with van der Waals surface area (Å²) in [4.78, 5) is 4.17. The minimum Gasteiger partial charge on any atom is -0.383 e. The van der Waals surface area contributed by atoms with Gasteiger partial charge < -0.3 is 14.8 Å². The Hall–Kier alpha value is -1.22. The molecule has 0 aliphatic rings. The van der Waals surface area contributed by atoms with Crippen molar-refractivity contribution in [3.05, 3.63) is 18.3 Å². The first-order valence-electron chi connectivity index (χ1n) is 6.18. The highest BCUT2D eigenvalue weighted by molar-refractivity contribution is 7.89. The van der Waals surface area contributed by atoms with Gasteiger partial charge in [0.25, 0.3) is 0 Å². The van der Waals surface area contributed by atoms with Gasteiger partial charge in [0.2, 0.25) is 10.0 Å². The van der Waals surface area contributed by atoms with Crippen LogP contribution in [0.4, 0.5) is 5.82 Å². The monoisotopic (exact) mass is 303 g/mol. The summed E-state index contributed by atoms with van der Waals surface area (Å²) < 4.78 is 36.6. The van der Waals surface area contributed by atoms with E-state index < -0.39 is 10.0 Å². The first kappa shape index (κ1) is 16.8. The minimum atomic E-state index is -3.64. The van der Waals surface area contributed by atoms with Crippen LogP contribution in [0.2, 0.25) is 0 Å². The molecular weight excluding hydrogens is 282 g/mol. The molecule has 0 aromatic carbocycles. The van der Waals surface area contributed by atoms with Crippen molar-refractivity contribution in [1.29, 1.82) is 0 Å². The Bertz CT molecular complexity index is 499. The molecule has 20 heavy (non-hydrogen) atoms. The highest BCUT2D eigenvalue weighted by Gasteiger charge is 2.26. The van der Waals surface area contributed by atoms with Crippen LogP contribution in [0.1, 0.15) is 0 Å². The Morgan fingerprint density at radius 1 is 1.25 bits per heavy atom. The van der Waals surface area contributed by atoms with E-state index >= 15 is 0 Å². The van der Waals surface area contributed by atoms with E-state index in [0.29, 0.717) is 19.0 Å². The van der Waals surface area contributed by atoms with E-state index in [2.05, 4.69) is 10.3 Å². The molecule has 0 atom stereocenters. The fourth-order valence-corrected chi connectivity index (χ4v) is 3.22. The van der Waals surface area contributed by atoms with Crippen molar-refractivity contribution in [1.82, 2.24) is 9.29 Å². The van der Waals surface area contributed by atoms with Gasteiger partial charge in [-0.1, -0.05) is 0 Å². The molecule has 0 saturated carbocycles. The summed E-state index contributed by atoms with van der Waals surface area (Å²) in [5, 5.41) is 2.79. The molecule has 0 saturated heterocycles. The molecular formula is C12H21N3O4S. The van der Waals surface area contributed by atoms with Gasteiger partial charge in [0.1, 0.15) is 10.7 Å². The second kappa shape index (κ2) is 8.15. The van der Waals surface area contributed by atoms with Crippen LogP contribution in [0.25, 0.3) is 0 Å². The lowest BCUT2D eigenvalue weighted by atomic mass is 10.5. The highest BCUT2D eigenvalue weighted by atomic mass is 32.2. The summed E-state index contributed by atoms with van der Waals surface area (Å²) in [5.74, 6) is 0.326. The summed E-state index contributed by atoms with van der Waals surface area (Å²) >= 11 is 0. The van der Waals surface area contributed by atoms with Gasteiger partial charge in [-0.05, 0) is 12.1 Å². The number of ether oxygens (including phenoxy) is 2. The zero-order valence-electron chi connectivity index (χ0n) is 12.0. The van der Waals surface area contributed by atoms with Crippen molar-refractivity contribution in [2.24, 2.45) is 0 Å². The number of nitrogens with one attached hydrogen (secondary N) is 1. The summed E-state index contributed by atoms with van der Waals surface area (Å²) in [7, 11) is 1.06. The third-order valence-electron chi connectivity index (χ3n) is 2.71. The van der Waals surface area contributed by atoms with E-state index in [0.717, 1.165) is 0 Å². The number of hydrogen-bond donors (Lipinski definition) is 1. The normalized spacial score (nSPS) is 11.8. The van der Waals surface area contributed by atoms with Crippen LogP contribution in [0.3, 0.4) is 0 Å². The number of aromatic nitrogens is 1. The number of rotatable bonds is 9. The van der Waals surface area contributed by atoms with Gasteiger partial charge in [-0.25, -0.2) is 13.4 Å². The smallest absolute Gasteiger partial charge is 0.246 e. The first-order valence-corrected chi connectivity index (χ1v) is 7.62. The molecule has 0 spiro atoms. The summed E-state index contributed by atoms with van der Waals surface area (Å²) in [6.45, 7) is 1.16. The van der Waals surface area contributed by atoms with E-state index in [-0.39, 0.29) is 18.0 Å². The van der Waals surface area contributed by atoms with Crippen LogP contribution in [-0.2, 0) is 19.5 Å². The average molecular weight is 303 g/mol. The molecule has 0 aliphatic heterocycles. The first-order chi connectivity index (χ1) is 9.57. The van der Waals surface area contributed by atoms with E-state index in [1.54, 1.807) is 19.3 Å².